The zero-order valence-electron chi connectivity index (χ0n) is 12.1. The van der Waals surface area contributed by atoms with E-state index in [0.29, 0.717) is 11.7 Å². The maximum atomic E-state index is 12.4. The zero-order chi connectivity index (χ0) is 15.9. The van der Waals surface area contributed by atoms with Crippen LogP contribution in [0.4, 0.5) is 5.69 Å². The van der Waals surface area contributed by atoms with Gasteiger partial charge in [0.25, 0.3) is 11.5 Å². The fraction of sp³-hybridized carbons (Fsp3) is 0.267. The lowest BCUT2D eigenvalue weighted by molar-refractivity contribution is 0.102. The van der Waals surface area contributed by atoms with Crippen molar-refractivity contribution in [2.45, 2.75) is 25.5 Å². The smallest absolute Gasteiger partial charge is 0.267 e. The number of hydrogen-bond acceptors (Lipinski definition) is 4. The predicted molar refractivity (Wildman–Crippen MR) is 90.8 cm³/mol. The lowest BCUT2D eigenvalue weighted by atomic mass is 10.1. The second kappa shape index (κ2) is 5.89. The Balaban J connectivity index is 1.95. The van der Waals surface area contributed by atoms with Crippen LogP contribution in [0.1, 0.15) is 21.5 Å². The molecule has 0 radical (unpaired) electrons. The number of nitrogens with one attached hydrogen (secondary N) is 1. The fourth-order valence-electron chi connectivity index (χ4n) is 2.46. The molecular weight excluding hydrogens is 366 g/mol. The largest absolute Gasteiger partial charge is 0.321 e. The molecule has 0 bridgehead atoms. The number of rotatable bonds is 2. The van der Waals surface area contributed by atoms with E-state index >= 15 is 0 Å². The number of benzene rings is 1. The Morgan fingerprint density at radius 2 is 2.05 bits per heavy atom. The van der Waals surface area contributed by atoms with Crippen molar-refractivity contribution >= 4 is 39.3 Å². The molecule has 1 aliphatic rings. The third kappa shape index (κ3) is 2.70. The molecule has 1 aromatic carbocycles. The summed E-state index contributed by atoms with van der Waals surface area (Å²) in [6.45, 7) is 4.43. The molecule has 1 aromatic heterocycles. The van der Waals surface area contributed by atoms with E-state index in [1.807, 2.05) is 26.0 Å². The molecule has 1 aliphatic heterocycles. The first-order chi connectivity index (χ1) is 10.5. The van der Waals surface area contributed by atoms with E-state index in [-0.39, 0.29) is 11.1 Å². The number of thioether (sulfide) groups is 1. The van der Waals surface area contributed by atoms with Crippen molar-refractivity contribution in [3.63, 3.8) is 0 Å². The van der Waals surface area contributed by atoms with Crippen molar-refractivity contribution in [1.29, 1.82) is 0 Å². The van der Waals surface area contributed by atoms with Crippen molar-refractivity contribution in [3.8, 4) is 0 Å². The van der Waals surface area contributed by atoms with Crippen LogP contribution in [0.2, 0.25) is 0 Å². The molecule has 7 heteroatoms. The third-order valence-corrected chi connectivity index (χ3v) is 4.97. The highest BCUT2D eigenvalue weighted by Gasteiger charge is 2.20. The second-order valence-corrected chi connectivity index (χ2v) is 7.11. The summed E-state index contributed by atoms with van der Waals surface area (Å²) in [5, 5.41) is 3.51. The van der Waals surface area contributed by atoms with Crippen LogP contribution in [-0.2, 0) is 6.54 Å². The van der Waals surface area contributed by atoms with Gasteiger partial charge < -0.3 is 5.32 Å². The van der Waals surface area contributed by atoms with Gasteiger partial charge in [-0.15, -0.1) is 0 Å². The molecule has 5 nitrogen and oxygen atoms in total. The molecule has 0 spiro atoms. The first kappa shape index (κ1) is 15.3. The van der Waals surface area contributed by atoms with Gasteiger partial charge in [0, 0.05) is 28.7 Å². The SMILES string of the molecule is Cc1cc(Br)cc(C)c1NC(=O)c1cnc2n(c1=O)CCS2. The number of nitrogens with zero attached hydrogens (tertiary/aromatic N) is 2. The van der Waals surface area contributed by atoms with Crippen LogP contribution in [0.3, 0.4) is 0 Å². The summed E-state index contributed by atoms with van der Waals surface area (Å²) in [4.78, 5) is 29.0. The summed E-state index contributed by atoms with van der Waals surface area (Å²) in [5.74, 6) is 0.399. The van der Waals surface area contributed by atoms with Gasteiger partial charge in [-0.25, -0.2) is 4.98 Å². The summed E-state index contributed by atoms with van der Waals surface area (Å²) < 4.78 is 2.51. The van der Waals surface area contributed by atoms with Gasteiger partial charge in [0.15, 0.2) is 5.16 Å². The molecule has 0 atom stereocenters. The number of amides is 1. The van der Waals surface area contributed by atoms with Crippen LogP contribution < -0.4 is 10.9 Å². The van der Waals surface area contributed by atoms with Crippen molar-refractivity contribution in [2.24, 2.45) is 0 Å². The Hall–Kier alpha value is -1.60. The highest BCUT2D eigenvalue weighted by atomic mass is 79.9. The van der Waals surface area contributed by atoms with Gasteiger partial charge in [0.05, 0.1) is 0 Å². The van der Waals surface area contributed by atoms with Gasteiger partial charge in [-0.05, 0) is 37.1 Å². The van der Waals surface area contributed by atoms with Crippen molar-refractivity contribution in [3.05, 3.63) is 49.8 Å². The normalized spacial score (nSPS) is 13.0. The highest BCUT2D eigenvalue weighted by molar-refractivity contribution is 9.10. The molecule has 0 saturated heterocycles. The first-order valence-electron chi connectivity index (χ1n) is 6.78. The number of carbonyl (C=O) groups is 1. The molecule has 1 N–H and O–H groups in total. The standard InChI is InChI=1S/C15H14BrN3O2S/c1-8-5-10(16)6-9(2)12(8)18-13(20)11-7-17-15-19(14(11)21)3-4-22-15/h5-7H,3-4H2,1-2H3,(H,18,20). The minimum Gasteiger partial charge on any atom is -0.321 e. The van der Waals surface area contributed by atoms with Crippen LogP contribution in [0, 0.1) is 13.8 Å². The van der Waals surface area contributed by atoms with E-state index < -0.39 is 5.91 Å². The molecule has 0 unspecified atom stereocenters. The number of carbonyl (C=O) groups excluding carboxylic acids is 1. The van der Waals surface area contributed by atoms with Crippen LogP contribution in [-0.4, -0.2) is 21.2 Å². The average Bonchev–Trinajstić information content (AvgIpc) is 2.92. The lowest BCUT2D eigenvalue weighted by Gasteiger charge is -2.12. The third-order valence-electron chi connectivity index (χ3n) is 3.54. The molecule has 3 rings (SSSR count). The Kier molecular flexibility index (Phi) is 4.10. The van der Waals surface area contributed by atoms with Crippen molar-refractivity contribution in [1.82, 2.24) is 9.55 Å². The maximum absolute atomic E-state index is 12.4. The van der Waals surface area contributed by atoms with Crippen molar-refractivity contribution < 1.29 is 4.79 Å². The van der Waals surface area contributed by atoms with Crippen LogP contribution in [0.15, 0.2) is 32.8 Å². The number of aryl methyl sites for hydroxylation is 2. The minimum absolute atomic E-state index is 0.0768. The van der Waals surface area contributed by atoms with E-state index in [9.17, 15) is 9.59 Å². The molecule has 22 heavy (non-hydrogen) atoms. The topological polar surface area (TPSA) is 64.0 Å². The number of anilines is 1. The van der Waals surface area contributed by atoms with Gasteiger partial charge >= 0.3 is 0 Å². The van der Waals surface area contributed by atoms with Crippen LogP contribution >= 0.6 is 27.7 Å². The summed E-state index contributed by atoms with van der Waals surface area (Å²) in [5.41, 5.74) is 2.40. The Morgan fingerprint density at radius 3 is 2.73 bits per heavy atom. The molecule has 0 fully saturated rings. The Labute approximate surface area is 140 Å². The van der Waals surface area contributed by atoms with Gasteiger partial charge in [0.2, 0.25) is 0 Å². The average molecular weight is 380 g/mol. The summed E-state index contributed by atoms with van der Waals surface area (Å²) in [6, 6.07) is 3.85. The highest BCUT2D eigenvalue weighted by Crippen LogP contribution is 2.25. The molecule has 1 amide bonds. The van der Waals surface area contributed by atoms with Gasteiger partial charge in [-0.3, -0.25) is 14.2 Å². The quantitative estimate of drug-likeness (QED) is 0.814. The van der Waals surface area contributed by atoms with Crippen molar-refractivity contribution in [2.75, 3.05) is 11.1 Å². The van der Waals surface area contributed by atoms with E-state index in [1.165, 1.54) is 18.0 Å². The molecular formula is C15H14BrN3O2S. The lowest BCUT2D eigenvalue weighted by Crippen LogP contribution is -2.29. The monoisotopic (exact) mass is 379 g/mol. The second-order valence-electron chi connectivity index (χ2n) is 5.13. The molecule has 0 aliphatic carbocycles. The number of halogens is 1. The summed E-state index contributed by atoms with van der Waals surface area (Å²) >= 11 is 4.95. The molecule has 0 saturated carbocycles. The van der Waals surface area contributed by atoms with Crippen LogP contribution in [0.5, 0.6) is 0 Å². The predicted octanol–water partition coefficient (Wildman–Crippen LogP) is 2.98. The number of aromatic nitrogens is 2. The number of fused-ring (bicyclic) bond motifs is 1. The van der Waals surface area contributed by atoms with Gasteiger partial charge in [-0.1, -0.05) is 27.7 Å². The first-order valence-corrected chi connectivity index (χ1v) is 8.56. The molecule has 2 aromatic rings. The van der Waals surface area contributed by atoms with E-state index in [2.05, 4.69) is 26.2 Å². The minimum atomic E-state index is -0.418. The van der Waals surface area contributed by atoms with E-state index in [4.69, 9.17) is 0 Å². The summed E-state index contributed by atoms with van der Waals surface area (Å²) in [6.07, 6.45) is 1.37. The van der Waals surface area contributed by atoms with Gasteiger partial charge in [-0.2, -0.15) is 0 Å². The fourth-order valence-corrected chi connectivity index (χ4v) is 4.06. The van der Waals surface area contributed by atoms with Gasteiger partial charge in [0.1, 0.15) is 5.56 Å². The maximum Gasteiger partial charge on any atom is 0.267 e. The number of hydrogen-bond donors (Lipinski definition) is 1. The zero-order valence-corrected chi connectivity index (χ0v) is 14.5. The van der Waals surface area contributed by atoms with Crippen LogP contribution in [0.25, 0.3) is 0 Å². The Morgan fingerprint density at radius 1 is 1.36 bits per heavy atom. The Bertz CT molecular complexity index is 809. The molecule has 2 heterocycles. The molecule has 114 valence electrons. The summed E-state index contributed by atoms with van der Waals surface area (Å²) in [7, 11) is 0. The van der Waals surface area contributed by atoms with E-state index in [1.54, 1.807) is 4.57 Å². The van der Waals surface area contributed by atoms with E-state index in [0.717, 1.165) is 27.0 Å².